The molecule has 18 heavy (non-hydrogen) atoms. The summed E-state index contributed by atoms with van der Waals surface area (Å²) in [6.07, 6.45) is 1.11. The van der Waals surface area contributed by atoms with E-state index in [0.717, 1.165) is 36.6 Å². The van der Waals surface area contributed by atoms with Gasteiger partial charge in [0.15, 0.2) is 18.3 Å². The van der Waals surface area contributed by atoms with Crippen LogP contribution in [0.3, 0.4) is 0 Å². The first-order valence-electron chi connectivity index (χ1n) is 6.40. The fraction of sp³-hybridized carbons (Fsp3) is 0.571. The summed E-state index contributed by atoms with van der Waals surface area (Å²) < 4.78 is 16.1. The maximum Gasteiger partial charge on any atom is 0.188 e. The lowest BCUT2D eigenvalue weighted by Gasteiger charge is -2.15. The van der Waals surface area contributed by atoms with E-state index in [1.165, 1.54) is 0 Å². The Morgan fingerprint density at radius 1 is 1.17 bits per heavy atom. The molecule has 0 saturated heterocycles. The van der Waals surface area contributed by atoms with Gasteiger partial charge < -0.3 is 19.5 Å². The molecule has 1 N–H and O–H groups in total. The molecule has 0 bridgehead atoms. The molecular formula is C14H23NO3. The second-order valence-corrected chi connectivity index (χ2v) is 3.91. The van der Waals surface area contributed by atoms with Crippen LogP contribution in [0, 0.1) is 0 Å². The first kappa shape index (κ1) is 14.8. The minimum atomic E-state index is 0.227. The van der Waals surface area contributed by atoms with Crippen LogP contribution in [0.4, 0.5) is 0 Å². The van der Waals surface area contributed by atoms with Crippen molar-refractivity contribution < 1.29 is 14.2 Å². The molecule has 1 aromatic carbocycles. The minimum Gasteiger partial charge on any atom is -0.490 e. The smallest absolute Gasteiger partial charge is 0.188 e. The second-order valence-electron chi connectivity index (χ2n) is 3.91. The predicted octanol–water partition coefficient (Wildman–Crippen LogP) is 2.57. The highest BCUT2D eigenvalue weighted by molar-refractivity contribution is 5.46. The van der Waals surface area contributed by atoms with Gasteiger partial charge in [-0.15, -0.1) is 0 Å². The summed E-state index contributed by atoms with van der Waals surface area (Å²) in [4.78, 5) is 0. The Hall–Kier alpha value is -1.26. The third-order valence-electron chi connectivity index (χ3n) is 2.42. The van der Waals surface area contributed by atoms with E-state index in [0.29, 0.717) is 6.61 Å². The molecule has 0 fully saturated rings. The van der Waals surface area contributed by atoms with Crippen LogP contribution in [-0.4, -0.2) is 27.1 Å². The van der Waals surface area contributed by atoms with Crippen molar-refractivity contribution in [1.29, 1.82) is 0 Å². The molecular weight excluding hydrogens is 230 g/mol. The SMILES string of the molecule is CCCNCc1cccc(OCC)c1OCOC. The zero-order chi connectivity index (χ0) is 13.2. The van der Waals surface area contributed by atoms with E-state index in [4.69, 9.17) is 14.2 Å². The predicted molar refractivity (Wildman–Crippen MR) is 72.1 cm³/mol. The maximum absolute atomic E-state index is 5.61. The molecule has 0 unspecified atom stereocenters. The standard InChI is InChI=1S/C14H23NO3/c1-4-9-15-10-12-7-6-8-13(17-5-2)14(12)18-11-16-3/h6-8,15H,4-5,9-11H2,1-3H3. The molecule has 1 aromatic rings. The van der Waals surface area contributed by atoms with Gasteiger partial charge in [0, 0.05) is 19.2 Å². The highest BCUT2D eigenvalue weighted by atomic mass is 16.7. The summed E-state index contributed by atoms with van der Waals surface area (Å²) in [7, 11) is 1.61. The number of hydrogen-bond donors (Lipinski definition) is 1. The molecule has 0 radical (unpaired) electrons. The molecule has 0 heterocycles. The molecule has 0 aliphatic rings. The number of ether oxygens (including phenoxy) is 3. The van der Waals surface area contributed by atoms with E-state index >= 15 is 0 Å². The number of nitrogens with one attached hydrogen (secondary N) is 1. The van der Waals surface area contributed by atoms with Crippen molar-refractivity contribution in [3.05, 3.63) is 23.8 Å². The van der Waals surface area contributed by atoms with Crippen molar-refractivity contribution in [1.82, 2.24) is 5.32 Å². The van der Waals surface area contributed by atoms with Crippen LogP contribution in [0.1, 0.15) is 25.8 Å². The third-order valence-corrected chi connectivity index (χ3v) is 2.42. The summed E-state index contributed by atoms with van der Waals surface area (Å²) in [5.74, 6) is 1.54. The number of para-hydroxylation sites is 1. The fourth-order valence-electron chi connectivity index (χ4n) is 1.65. The number of rotatable bonds is 9. The Bertz CT molecular complexity index is 342. The molecule has 0 spiro atoms. The van der Waals surface area contributed by atoms with Crippen molar-refractivity contribution in [2.45, 2.75) is 26.8 Å². The van der Waals surface area contributed by atoms with Gasteiger partial charge in [-0.2, -0.15) is 0 Å². The molecule has 0 aliphatic carbocycles. The highest BCUT2D eigenvalue weighted by Crippen LogP contribution is 2.31. The molecule has 0 aliphatic heterocycles. The zero-order valence-corrected chi connectivity index (χ0v) is 11.5. The molecule has 0 aromatic heterocycles. The van der Waals surface area contributed by atoms with E-state index < -0.39 is 0 Å². The van der Waals surface area contributed by atoms with Crippen molar-refractivity contribution in [3.8, 4) is 11.5 Å². The van der Waals surface area contributed by atoms with Crippen molar-refractivity contribution in [2.24, 2.45) is 0 Å². The van der Waals surface area contributed by atoms with E-state index in [1.807, 2.05) is 25.1 Å². The van der Waals surface area contributed by atoms with Crippen LogP contribution in [-0.2, 0) is 11.3 Å². The molecule has 0 amide bonds. The van der Waals surface area contributed by atoms with Crippen molar-refractivity contribution in [2.75, 3.05) is 27.1 Å². The number of hydrogen-bond acceptors (Lipinski definition) is 4. The summed E-state index contributed by atoms with van der Waals surface area (Å²) >= 11 is 0. The summed E-state index contributed by atoms with van der Waals surface area (Å²) in [6.45, 7) is 6.71. The van der Waals surface area contributed by atoms with E-state index in [9.17, 15) is 0 Å². The third kappa shape index (κ3) is 4.55. The zero-order valence-electron chi connectivity index (χ0n) is 11.5. The lowest BCUT2D eigenvalue weighted by molar-refractivity contribution is 0.0479. The number of methoxy groups -OCH3 is 1. The molecule has 102 valence electrons. The molecule has 4 nitrogen and oxygen atoms in total. The topological polar surface area (TPSA) is 39.7 Å². The molecule has 1 rings (SSSR count). The summed E-state index contributed by atoms with van der Waals surface area (Å²) in [5.41, 5.74) is 1.09. The van der Waals surface area contributed by atoms with Crippen LogP contribution in [0.5, 0.6) is 11.5 Å². The normalized spacial score (nSPS) is 10.4. The van der Waals surface area contributed by atoms with Crippen LogP contribution < -0.4 is 14.8 Å². The van der Waals surface area contributed by atoms with Crippen LogP contribution in [0.25, 0.3) is 0 Å². The fourth-order valence-corrected chi connectivity index (χ4v) is 1.65. The van der Waals surface area contributed by atoms with Gasteiger partial charge in [0.25, 0.3) is 0 Å². The minimum absolute atomic E-state index is 0.227. The number of benzene rings is 1. The van der Waals surface area contributed by atoms with Gasteiger partial charge >= 0.3 is 0 Å². The van der Waals surface area contributed by atoms with Gasteiger partial charge in [-0.3, -0.25) is 0 Å². The van der Waals surface area contributed by atoms with Crippen LogP contribution in [0.15, 0.2) is 18.2 Å². The van der Waals surface area contributed by atoms with Crippen molar-refractivity contribution in [3.63, 3.8) is 0 Å². The van der Waals surface area contributed by atoms with Gasteiger partial charge in [-0.25, -0.2) is 0 Å². The van der Waals surface area contributed by atoms with Crippen molar-refractivity contribution >= 4 is 0 Å². The first-order valence-corrected chi connectivity index (χ1v) is 6.40. The van der Waals surface area contributed by atoms with Crippen LogP contribution >= 0.6 is 0 Å². The highest BCUT2D eigenvalue weighted by Gasteiger charge is 2.10. The summed E-state index contributed by atoms with van der Waals surface area (Å²) in [5, 5.41) is 3.36. The van der Waals surface area contributed by atoms with E-state index in [-0.39, 0.29) is 6.79 Å². The second kappa shape index (κ2) is 8.78. The Kier molecular flexibility index (Phi) is 7.22. The Labute approximate surface area is 109 Å². The quantitative estimate of drug-likeness (QED) is 0.542. The van der Waals surface area contributed by atoms with Crippen LogP contribution in [0.2, 0.25) is 0 Å². The molecule has 4 heteroatoms. The van der Waals surface area contributed by atoms with Gasteiger partial charge in [0.1, 0.15) is 0 Å². The largest absolute Gasteiger partial charge is 0.490 e. The Morgan fingerprint density at radius 2 is 2.00 bits per heavy atom. The van der Waals surface area contributed by atoms with E-state index in [1.54, 1.807) is 7.11 Å². The summed E-state index contributed by atoms with van der Waals surface area (Å²) in [6, 6.07) is 5.93. The first-order chi connectivity index (χ1) is 8.83. The monoisotopic (exact) mass is 253 g/mol. The lowest BCUT2D eigenvalue weighted by atomic mass is 10.2. The Morgan fingerprint density at radius 3 is 2.67 bits per heavy atom. The maximum atomic E-state index is 5.61. The average molecular weight is 253 g/mol. The lowest BCUT2D eigenvalue weighted by Crippen LogP contribution is -2.15. The average Bonchev–Trinajstić information content (AvgIpc) is 2.38. The molecule has 0 saturated carbocycles. The van der Waals surface area contributed by atoms with Gasteiger partial charge in [-0.05, 0) is 26.0 Å². The Balaban J connectivity index is 2.80. The van der Waals surface area contributed by atoms with Gasteiger partial charge in [-0.1, -0.05) is 19.1 Å². The van der Waals surface area contributed by atoms with Gasteiger partial charge in [0.2, 0.25) is 0 Å². The van der Waals surface area contributed by atoms with Gasteiger partial charge in [0.05, 0.1) is 6.61 Å². The van der Waals surface area contributed by atoms with E-state index in [2.05, 4.69) is 12.2 Å². The molecule has 0 atom stereocenters.